The molecule has 1 aliphatic heterocycles. The van der Waals surface area contributed by atoms with Crippen LogP contribution in [0.15, 0.2) is 29.8 Å². The molecule has 4 rings (SSSR count). The quantitative estimate of drug-likeness (QED) is 0.428. The van der Waals surface area contributed by atoms with Crippen molar-refractivity contribution in [3.63, 3.8) is 0 Å². The van der Waals surface area contributed by atoms with E-state index in [0.717, 1.165) is 31.2 Å². The van der Waals surface area contributed by atoms with Gasteiger partial charge in [0.1, 0.15) is 17.2 Å². The number of piperazine rings is 1. The molecular formula is C23H22Cl2N4O2. The van der Waals surface area contributed by atoms with Crippen molar-refractivity contribution >= 4 is 35.1 Å². The van der Waals surface area contributed by atoms with E-state index in [-0.39, 0.29) is 17.5 Å². The fourth-order valence-electron chi connectivity index (χ4n) is 3.39. The molecule has 1 heterocycles. The predicted octanol–water partition coefficient (Wildman–Crippen LogP) is 3.59. The highest BCUT2D eigenvalue weighted by Gasteiger charge is 2.44. The lowest BCUT2D eigenvalue weighted by Crippen LogP contribution is -2.55. The van der Waals surface area contributed by atoms with Crippen LogP contribution in [0.1, 0.15) is 31.2 Å². The number of amides is 3. The molecule has 6 nitrogen and oxygen atoms in total. The fourth-order valence-corrected chi connectivity index (χ4v) is 3.69. The fraction of sp³-hybridized carbons (Fsp3) is 0.435. The van der Waals surface area contributed by atoms with Crippen LogP contribution in [0.3, 0.4) is 0 Å². The molecule has 1 saturated heterocycles. The van der Waals surface area contributed by atoms with Gasteiger partial charge in [-0.2, -0.15) is 5.26 Å². The first-order valence-corrected chi connectivity index (χ1v) is 11.1. The van der Waals surface area contributed by atoms with Crippen molar-refractivity contribution in [3.8, 4) is 17.9 Å². The van der Waals surface area contributed by atoms with Crippen LogP contribution in [0.25, 0.3) is 0 Å². The summed E-state index contributed by atoms with van der Waals surface area (Å²) in [7, 11) is 0. The second-order valence-corrected chi connectivity index (χ2v) is 9.01. The molecule has 3 aliphatic rings. The molecule has 31 heavy (non-hydrogen) atoms. The number of urea groups is 1. The Bertz CT molecular complexity index is 1030. The Morgan fingerprint density at radius 1 is 1.10 bits per heavy atom. The maximum Gasteiger partial charge on any atom is 0.318 e. The summed E-state index contributed by atoms with van der Waals surface area (Å²) in [5.74, 6) is 6.36. The third-order valence-corrected chi connectivity index (χ3v) is 6.43. The molecule has 0 unspecified atom stereocenters. The van der Waals surface area contributed by atoms with Gasteiger partial charge in [0.2, 0.25) is 0 Å². The number of benzene rings is 1. The van der Waals surface area contributed by atoms with Gasteiger partial charge in [-0.05, 0) is 49.8 Å². The molecule has 3 fully saturated rings. The number of rotatable bonds is 3. The predicted molar refractivity (Wildman–Crippen MR) is 118 cm³/mol. The summed E-state index contributed by atoms with van der Waals surface area (Å²) in [6, 6.07) is 7.04. The molecule has 2 saturated carbocycles. The standard InChI is InChI=1S/C23H22Cl2N4O2/c24-19-4-3-17(14-20(19)25)5-6-23(7-8-23)27-22(31)29-11-9-28(10-12-29)21(30)18(15-26)13-16-1-2-16/h3-4,13-14,16H,1-2,7-12H2,(H,27,31). The van der Waals surface area contributed by atoms with E-state index in [0.29, 0.717) is 42.1 Å². The number of nitrogens with one attached hydrogen (secondary N) is 1. The van der Waals surface area contributed by atoms with Gasteiger partial charge in [0.05, 0.1) is 10.0 Å². The van der Waals surface area contributed by atoms with Crippen molar-refractivity contribution in [1.82, 2.24) is 15.1 Å². The monoisotopic (exact) mass is 456 g/mol. The Morgan fingerprint density at radius 2 is 1.77 bits per heavy atom. The van der Waals surface area contributed by atoms with Crippen LogP contribution in [0.5, 0.6) is 0 Å². The molecule has 0 atom stereocenters. The normalized spacial score (nSPS) is 19.7. The number of carbonyl (C=O) groups excluding carboxylic acids is 2. The molecule has 3 amide bonds. The second kappa shape index (κ2) is 8.83. The third kappa shape index (κ3) is 5.34. The minimum Gasteiger partial charge on any atom is -0.334 e. The minimum absolute atomic E-state index is 0.179. The molecule has 0 radical (unpaired) electrons. The van der Waals surface area contributed by atoms with E-state index in [1.165, 1.54) is 0 Å². The maximum atomic E-state index is 12.7. The van der Waals surface area contributed by atoms with E-state index in [4.69, 9.17) is 23.2 Å². The van der Waals surface area contributed by atoms with Crippen molar-refractivity contribution in [2.45, 2.75) is 31.2 Å². The van der Waals surface area contributed by atoms with E-state index >= 15 is 0 Å². The molecule has 2 aliphatic carbocycles. The number of allylic oxidation sites excluding steroid dienone is 1. The van der Waals surface area contributed by atoms with E-state index in [1.54, 1.807) is 34.1 Å². The van der Waals surface area contributed by atoms with Crippen LogP contribution in [0.2, 0.25) is 10.0 Å². The number of nitriles is 1. The zero-order chi connectivity index (χ0) is 22.0. The SMILES string of the molecule is N#CC(=CC1CC1)C(=O)N1CCN(C(=O)NC2(C#Cc3ccc(Cl)c(Cl)c3)CC2)CC1. The number of hydrogen-bond acceptors (Lipinski definition) is 3. The lowest BCUT2D eigenvalue weighted by molar-refractivity contribution is -0.128. The highest BCUT2D eigenvalue weighted by Crippen LogP contribution is 2.35. The van der Waals surface area contributed by atoms with Crippen LogP contribution < -0.4 is 5.32 Å². The third-order valence-electron chi connectivity index (χ3n) is 5.69. The Hall–Kier alpha value is -2.67. The molecule has 0 bridgehead atoms. The minimum atomic E-state index is -0.517. The average Bonchev–Trinajstić information content (AvgIpc) is 3.70. The number of carbonyl (C=O) groups is 2. The van der Waals surface area contributed by atoms with Gasteiger partial charge in [0.25, 0.3) is 5.91 Å². The highest BCUT2D eigenvalue weighted by atomic mass is 35.5. The van der Waals surface area contributed by atoms with Crippen molar-refractivity contribution in [2.24, 2.45) is 5.92 Å². The molecule has 8 heteroatoms. The number of nitrogens with zero attached hydrogens (tertiary/aromatic N) is 3. The molecule has 160 valence electrons. The molecule has 1 aromatic rings. The summed E-state index contributed by atoms with van der Waals surface area (Å²) < 4.78 is 0. The van der Waals surface area contributed by atoms with Gasteiger partial charge in [-0.25, -0.2) is 4.79 Å². The zero-order valence-corrected chi connectivity index (χ0v) is 18.5. The van der Waals surface area contributed by atoms with Crippen molar-refractivity contribution < 1.29 is 9.59 Å². The topological polar surface area (TPSA) is 76.4 Å². The van der Waals surface area contributed by atoms with Crippen LogP contribution in [0, 0.1) is 29.1 Å². The van der Waals surface area contributed by atoms with Crippen LogP contribution in [-0.2, 0) is 4.79 Å². The molecule has 1 aromatic carbocycles. The number of halogens is 2. The van der Waals surface area contributed by atoms with Gasteiger partial charge in [-0.15, -0.1) is 0 Å². The largest absolute Gasteiger partial charge is 0.334 e. The average molecular weight is 457 g/mol. The van der Waals surface area contributed by atoms with E-state index in [2.05, 4.69) is 17.2 Å². The van der Waals surface area contributed by atoms with Gasteiger partial charge >= 0.3 is 6.03 Å². The first-order chi connectivity index (χ1) is 14.9. The first kappa shape index (κ1) is 21.6. The van der Waals surface area contributed by atoms with Crippen LogP contribution in [-0.4, -0.2) is 53.5 Å². The lowest BCUT2D eigenvalue weighted by atomic mass is 10.1. The molecule has 0 aromatic heterocycles. The summed E-state index contributed by atoms with van der Waals surface area (Å²) in [4.78, 5) is 28.6. The van der Waals surface area contributed by atoms with Gasteiger partial charge in [0.15, 0.2) is 0 Å². The summed E-state index contributed by atoms with van der Waals surface area (Å²) in [5.41, 5.74) is 0.446. The van der Waals surface area contributed by atoms with E-state index in [1.807, 2.05) is 6.07 Å². The van der Waals surface area contributed by atoms with Crippen LogP contribution >= 0.6 is 23.2 Å². The zero-order valence-electron chi connectivity index (χ0n) is 17.0. The first-order valence-electron chi connectivity index (χ1n) is 10.4. The van der Waals surface area contributed by atoms with Gasteiger partial charge in [-0.1, -0.05) is 41.1 Å². The van der Waals surface area contributed by atoms with Gasteiger partial charge in [-0.3, -0.25) is 4.79 Å². The smallest absolute Gasteiger partial charge is 0.318 e. The summed E-state index contributed by atoms with van der Waals surface area (Å²) in [6.45, 7) is 1.68. The van der Waals surface area contributed by atoms with Crippen molar-refractivity contribution in [1.29, 1.82) is 5.26 Å². The van der Waals surface area contributed by atoms with Crippen LogP contribution in [0.4, 0.5) is 4.79 Å². The lowest BCUT2D eigenvalue weighted by Gasteiger charge is -2.35. The second-order valence-electron chi connectivity index (χ2n) is 8.20. The summed E-state index contributed by atoms with van der Waals surface area (Å²) in [5, 5.41) is 13.2. The Balaban J connectivity index is 1.31. The van der Waals surface area contributed by atoms with Crippen molar-refractivity contribution in [2.75, 3.05) is 26.2 Å². The summed E-state index contributed by atoms with van der Waals surface area (Å²) in [6.07, 6.45) is 5.46. The van der Waals surface area contributed by atoms with Gasteiger partial charge in [0, 0.05) is 31.7 Å². The maximum absolute atomic E-state index is 12.7. The number of hydrogen-bond donors (Lipinski definition) is 1. The Kier molecular flexibility index (Phi) is 6.14. The highest BCUT2D eigenvalue weighted by molar-refractivity contribution is 6.42. The van der Waals surface area contributed by atoms with E-state index < -0.39 is 5.54 Å². The Labute approximate surface area is 191 Å². The molecule has 0 spiro atoms. The summed E-state index contributed by atoms with van der Waals surface area (Å²) >= 11 is 12.0. The molecule has 1 N–H and O–H groups in total. The van der Waals surface area contributed by atoms with Crippen molar-refractivity contribution in [3.05, 3.63) is 45.5 Å². The molecular weight excluding hydrogens is 435 g/mol. The Morgan fingerprint density at radius 3 is 2.35 bits per heavy atom. The van der Waals surface area contributed by atoms with E-state index in [9.17, 15) is 14.9 Å². The van der Waals surface area contributed by atoms with Gasteiger partial charge < -0.3 is 15.1 Å².